The first-order chi connectivity index (χ1) is 11.0. The monoisotopic (exact) mass is 336 g/mol. The van der Waals surface area contributed by atoms with E-state index in [0.717, 1.165) is 11.4 Å². The van der Waals surface area contributed by atoms with Gasteiger partial charge in [-0.2, -0.15) is 9.40 Å². The van der Waals surface area contributed by atoms with E-state index in [1.165, 1.54) is 21.4 Å². The van der Waals surface area contributed by atoms with Gasteiger partial charge in [-0.1, -0.05) is 6.07 Å². The van der Waals surface area contributed by atoms with E-state index >= 15 is 0 Å². The van der Waals surface area contributed by atoms with Crippen LogP contribution in [0.5, 0.6) is 5.75 Å². The molecule has 2 heterocycles. The molecule has 1 aliphatic heterocycles. The van der Waals surface area contributed by atoms with Crippen molar-refractivity contribution in [3.8, 4) is 5.75 Å². The van der Waals surface area contributed by atoms with Gasteiger partial charge in [0.05, 0.1) is 13.3 Å². The minimum atomic E-state index is -3.46. The van der Waals surface area contributed by atoms with Crippen molar-refractivity contribution in [3.05, 3.63) is 36.7 Å². The van der Waals surface area contributed by atoms with E-state index in [9.17, 15) is 8.42 Å². The number of sulfonamides is 1. The van der Waals surface area contributed by atoms with Crippen LogP contribution in [0, 0.1) is 0 Å². The zero-order valence-corrected chi connectivity index (χ0v) is 14.0. The minimum Gasteiger partial charge on any atom is -0.497 e. The molecule has 0 spiro atoms. The second kappa shape index (κ2) is 6.21. The fourth-order valence-corrected chi connectivity index (χ4v) is 4.08. The third kappa shape index (κ3) is 3.18. The third-order valence-electron chi connectivity index (χ3n) is 3.98. The summed E-state index contributed by atoms with van der Waals surface area (Å²) in [5.74, 6) is 0.799. The van der Waals surface area contributed by atoms with E-state index in [0.29, 0.717) is 26.2 Å². The number of piperazine rings is 1. The number of hydrogen-bond donors (Lipinski definition) is 0. The lowest BCUT2D eigenvalue weighted by molar-refractivity contribution is 0.384. The van der Waals surface area contributed by atoms with Crippen LogP contribution in [0.2, 0.25) is 0 Å². The van der Waals surface area contributed by atoms with Gasteiger partial charge in [0.1, 0.15) is 10.6 Å². The van der Waals surface area contributed by atoms with Crippen LogP contribution in [-0.2, 0) is 17.1 Å². The van der Waals surface area contributed by atoms with Gasteiger partial charge >= 0.3 is 0 Å². The lowest BCUT2D eigenvalue weighted by Crippen LogP contribution is -2.48. The summed E-state index contributed by atoms with van der Waals surface area (Å²) in [6.45, 7) is 2.20. The largest absolute Gasteiger partial charge is 0.497 e. The normalized spacial score (nSPS) is 16.5. The molecular formula is C15H20N4O3S. The summed E-state index contributed by atoms with van der Waals surface area (Å²) in [5.41, 5.74) is 1.04. The molecule has 1 aromatic carbocycles. The predicted octanol–water partition coefficient (Wildman–Crippen LogP) is 0.940. The van der Waals surface area contributed by atoms with Crippen LogP contribution in [0.1, 0.15) is 0 Å². The quantitative estimate of drug-likeness (QED) is 0.831. The van der Waals surface area contributed by atoms with E-state index in [1.54, 1.807) is 14.2 Å². The highest BCUT2D eigenvalue weighted by Gasteiger charge is 2.29. The molecule has 0 unspecified atom stereocenters. The number of anilines is 1. The van der Waals surface area contributed by atoms with Gasteiger partial charge in [-0.05, 0) is 12.1 Å². The molecule has 2 aromatic rings. The Bertz CT molecular complexity index is 780. The molecule has 8 heteroatoms. The van der Waals surface area contributed by atoms with E-state index < -0.39 is 10.0 Å². The summed E-state index contributed by atoms with van der Waals surface area (Å²) in [5, 5.41) is 3.95. The summed E-state index contributed by atoms with van der Waals surface area (Å²) >= 11 is 0. The number of aromatic nitrogens is 2. The molecule has 3 rings (SSSR count). The number of aryl methyl sites for hydroxylation is 1. The van der Waals surface area contributed by atoms with Crippen molar-refractivity contribution < 1.29 is 13.2 Å². The first-order valence-electron chi connectivity index (χ1n) is 7.38. The molecule has 0 amide bonds. The van der Waals surface area contributed by atoms with Crippen molar-refractivity contribution in [3.63, 3.8) is 0 Å². The van der Waals surface area contributed by atoms with Crippen molar-refractivity contribution in [1.29, 1.82) is 0 Å². The van der Waals surface area contributed by atoms with Crippen LogP contribution in [0.4, 0.5) is 5.69 Å². The minimum absolute atomic E-state index is 0.245. The first-order valence-corrected chi connectivity index (χ1v) is 8.82. The van der Waals surface area contributed by atoms with Crippen LogP contribution in [0.25, 0.3) is 0 Å². The van der Waals surface area contributed by atoms with Gasteiger partial charge in [0.25, 0.3) is 0 Å². The van der Waals surface area contributed by atoms with Gasteiger partial charge in [0, 0.05) is 51.2 Å². The molecular weight excluding hydrogens is 316 g/mol. The summed E-state index contributed by atoms with van der Waals surface area (Å²) < 4.78 is 33.4. The Morgan fingerprint density at radius 2 is 1.91 bits per heavy atom. The molecule has 23 heavy (non-hydrogen) atoms. The Balaban J connectivity index is 1.70. The lowest BCUT2D eigenvalue weighted by Gasteiger charge is -2.35. The molecule has 0 bridgehead atoms. The number of nitrogens with zero attached hydrogens (tertiary/aromatic N) is 4. The van der Waals surface area contributed by atoms with Crippen molar-refractivity contribution in [2.75, 3.05) is 38.2 Å². The number of ether oxygens (including phenoxy) is 1. The molecule has 1 aromatic heterocycles. The van der Waals surface area contributed by atoms with Crippen molar-refractivity contribution in [2.24, 2.45) is 7.05 Å². The number of rotatable bonds is 4. The van der Waals surface area contributed by atoms with Gasteiger partial charge < -0.3 is 9.64 Å². The molecule has 1 fully saturated rings. The van der Waals surface area contributed by atoms with Crippen molar-refractivity contribution in [2.45, 2.75) is 4.90 Å². The van der Waals surface area contributed by atoms with Gasteiger partial charge in [-0.15, -0.1) is 0 Å². The Morgan fingerprint density at radius 3 is 2.52 bits per heavy atom. The maximum Gasteiger partial charge on any atom is 0.246 e. The molecule has 0 atom stereocenters. The third-order valence-corrected chi connectivity index (χ3v) is 5.83. The van der Waals surface area contributed by atoms with Crippen LogP contribution in [0.15, 0.2) is 41.6 Å². The van der Waals surface area contributed by atoms with Gasteiger partial charge in [-0.3, -0.25) is 4.68 Å². The molecule has 0 saturated carbocycles. The number of hydrogen-bond acceptors (Lipinski definition) is 5. The number of benzene rings is 1. The Morgan fingerprint density at radius 1 is 1.17 bits per heavy atom. The summed E-state index contributed by atoms with van der Waals surface area (Å²) in [7, 11) is -0.116. The highest BCUT2D eigenvalue weighted by molar-refractivity contribution is 7.89. The van der Waals surface area contributed by atoms with Crippen LogP contribution >= 0.6 is 0 Å². The van der Waals surface area contributed by atoms with Crippen molar-refractivity contribution >= 4 is 15.7 Å². The molecule has 0 aliphatic carbocycles. The molecule has 1 saturated heterocycles. The van der Waals surface area contributed by atoms with Crippen LogP contribution in [0.3, 0.4) is 0 Å². The number of methoxy groups -OCH3 is 1. The van der Waals surface area contributed by atoms with Crippen LogP contribution < -0.4 is 9.64 Å². The average molecular weight is 336 g/mol. The van der Waals surface area contributed by atoms with Crippen LogP contribution in [-0.4, -0.2) is 55.8 Å². The van der Waals surface area contributed by atoms with Crippen molar-refractivity contribution in [1.82, 2.24) is 14.1 Å². The second-order valence-corrected chi connectivity index (χ2v) is 7.38. The predicted molar refractivity (Wildman–Crippen MR) is 87.2 cm³/mol. The van der Waals surface area contributed by atoms with E-state index in [4.69, 9.17) is 4.74 Å². The highest BCUT2D eigenvalue weighted by atomic mass is 32.2. The van der Waals surface area contributed by atoms with E-state index in [2.05, 4.69) is 10.00 Å². The standard InChI is InChI=1S/C15H20N4O3S/c1-17-12-15(11-16-17)23(20,21)19-8-6-18(7-9-19)13-4-3-5-14(10-13)22-2/h3-5,10-12H,6-9H2,1-2H3. The van der Waals surface area contributed by atoms with Gasteiger partial charge in [0.15, 0.2) is 0 Å². The molecule has 124 valence electrons. The Labute approximate surface area is 136 Å². The van der Waals surface area contributed by atoms with E-state index in [-0.39, 0.29) is 4.90 Å². The SMILES string of the molecule is COc1cccc(N2CCN(S(=O)(=O)c3cnn(C)c3)CC2)c1. The fourth-order valence-electron chi connectivity index (χ4n) is 2.67. The van der Waals surface area contributed by atoms with Gasteiger partial charge in [0.2, 0.25) is 10.0 Å². The zero-order chi connectivity index (χ0) is 16.4. The lowest BCUT2D eigenvalue weighted by atomic mass is 10.2. The Kier molecular flexibility index (Phi) is 4.27. The summed E-state index contributed by atoms with van der Waals surface area (Å²) in [6, 6.07) is 7.80. The second-order valence-electron chi connectivity index (χ2n) is 5.44. The van der Waals surface area contributed by atoms with E-state index in [1.807, 2.05) is 24.3 Å². The van der Waals surface area contributed by atoms with Gasteiger partial charge in [-0.25, -0.2) is 8.42 Å². The molecule has 7 nitrogen and oxygen atoms in total. The maximum atomic E-state index is 12.6. The highest BCUT2D eigenvalue weighted by Crippen LogP contribution is 2.24. The summed E-state index contributed by atoms with van der Waals surface area (Å²) in [4.78, 5) is 2.41. The zero-order valence-electron chi connectivity index (χ0n) is 13.2. The molecule has 0 radical (unpaired) electrons. The Hall–Kier alpha value is -2.06. The fraction of sp³-hybridized carbons (Fsp3) is 0.400. The maximum absolute atomic E-state index is 12.6. The average Bonchev–Trinajstić information content (AvgIpc) is 3.02. The topological polar surface area (TPSA) is 67.7 Å². The smallest absolute Gasteiger partial charge is 0.246 e. The summed E-state index contributed by atoms with van der Waals surface area (Å²) in [6.07, 6.45) is 2.92. The molecule has 1 aliphatic rings. The molecule has 0 N–H and O–H groups in total. The first kappa shape index (κ1) is 15.8.